The highest BCUT2D eigenvalue weighted by atomic mass is 32.1. The van der Waals surface area contributed by atoms with Crippen LogP contribution in [0.25, 0.3) is 10.2 Å². The van der Waals surface area contributed by atoms with Gasteiger partial charge in [-0.05, 0) is 37.6 Å². The fourth-order valence-corrected chi connectivity index (χ4v) is 4.58. The number of hydrogen-bond acceptors (Lipinski definition) is 5. The van der Waals surface area contributed by atoms with Gasteiger partial charge in [0.15, 0.2) is 5.13 Å². The van der Waals surface area contributed by atoms with E-state index in [0.29, 0.717) is 24.1 Å². The molecule has 2 amide bonds. The summed E-state index contributed by atoms with van der Waals surface area (Å²) >= 11 is 1.42. The molecule has 0 radical (unpaired) electrons. The van der Waals surface area contributed by atoms with Crippen LogP contribution in [0.3, 0.4) is 0 Å². The Morgan fingerprint density at radius 3 is 2.78 bits per heavy atom. The van der Waals surface area contributed by atoms with Crippen molar-refractivity contribution in [2.75, 3.05) is 25.5 Å². The molecule has 1 saturated carbocycles. The molecule has 1 aliphatic rings. The lowest BCUT2D eigenvalue weighted by Gasteiger charge is -2.31. The molecule has 0 bridgehead atoms. The lowest BCUT2D eigenvalue weighted by atomic mass is 9.94. The Bertz CT molecular complexity index is 798. The van der Waals surface area contributed by atoms with Crippen molar-refractivity contribution in [3.63, 3.8) is 0 Å². The van der Waals surface area contributed by atoms with E-state index in [9.17, 15) is 9.59 Å². The second-order valence-corrected chi connectivity index (χ2v) is 8.33. The molecule has 1 aliphatic carbocycles. The zero-order valence-corrected chi connectivity index (χ0v) is 16.9. The van der Waals surface area contributed by atoms with Crippen molar-refractivity contribution < 1.29 is 9.59 Å². The number of anilines is 1. The number of aromatic nitrogens is 1. The van der Waals surface area contributed by atoms with Crippen molar-refractivity contribution in [1.82, 2.24) is 15.2 Å². The molecule has 0 unspecified atom stereocenters. The van der Waals surface area contributed by atoms with Crippen LogP contribution in [0, 0.1) is 0 Å². The SMILES string of the molecule is CC(=O)Nc1nc2ccc(CC(=O)NCCN(C)C3CCCCC3)cc2s1. The van der Waals surface area contributed by atoms with E-state index >= 15 is 0 Å². The van der Waals surface area contributed by atoms with Crippen LogP contribution in [-0.2, 0) is 16.0 Å². The van der Waals surface area contributed by atoms with Gasteiger partial charge in [-0.15, -0.1) is 0 Å². The van der Waals surface area contributed by atoms with Gasteiger partial charge in [0, 0.05) is 26.1 Å². The molecule has 1 aromatic carbocycles. The summed E-state index contributed by atoms with van der Waals surface area (Å²) in [7, 11) is 2.16. The highest BCUT2D eigenvalue weighted by Crippen LogP contribution is 2.27. The maximum absolute atomic E-state index is 12.3. The number of carbonyl (C=O) groups is 2. The van der Waals surface area contributed by atoms with E-state index < -0.39 is 0 Å². The second kappa shape index (κ2) is 9.28. The van der Waals surface area contributed by atoms with Gasteiger partial charge in [0.2, 0.25) is 11.8 Å². The number of fused-ring (bicyclic) bond motifs is 1. The van der Waals surface area contributed by atoms with Gasteiger partial charge in [0.25, 0.3) is 0 Å². The predicted molar refractivity (Wildman–Crippen MR) is 110 cm³/mol. The minimum atomic E-state index is -0.133. The van der Waals surface area contributed by atoms with E-state index in [0.717, 1.165) is 22.3 Å². The van der Waals surface area contributed by atoms with Gasteiger partial charge in [0.05, 0.1) is 16.6 Å². The summed E-state index contributed by atoms with van der Waals surface area (Å²) < 4.78 is 0.973. The third-order valence-electron chi connectivity index (χ3n) is 5.09. The summed E-state index contributed by atoms with van der Waals surface area (Å²) in [5, 5.41) is 6.32. The molecule has 0 saturated heterocycles. The number of carbonyl (C=O) groups excluding carboxylic acids is 2. The first kappa shape index (κ1) is 19.8. The Balaban J connectivity index is 1.47. The van der Waals surface area contributed by atoms with Crippen LogP contribution >= 0.6 is 11.3 Å². The molecule has 6 nitrogen and oxygen atoms in total. The number of thiazole rings is 1. The smallest absolute Gasteiger partial charge is 0.224 e. The van der Waals surface area contributed by atoms with Gasteiger partial charge < -0.3 is 15.5 Å². The highest BCUT2D eigenvalue weighted by molar-refractivity contribution is 7.22. The van der Waals surface area contributed by atoms with Crippen molar-refractivity contribution in [3.8, 4) is 0 Å². The van der Waals surface area contributed by atoms with E-state index in [1.54, 1.807) is 0 Å². The van der Waals surface area contributed by atoms with Gasteiger partial charge in [-0.2, -0.15) is 0 Å². The Kier molecular flexibility index (Phi) is 6.79. The number of nitrogens with one attached hydrogen (secondary N) is 2. The topological polar surface area (TPSA) is 74.3 Å². The number of likely N-dealkylation sites (N-methyl/N-ethyl adjacent to an activating group) is 1. The minimum absolute atomic E-state index is 0.0398. The maximum atomic E-state index is 12.3. The van der Waals surface area contributed by atoms with Crippen molar-refractivity contribution in [2.24, 2.45) is 0 Å². The van der Waals surface area contributed by atoms with Crippen molar-refractivity contribution in [1.29, 1.82) is 0 Å². The third-order valence-corrected chi connectivity index (χ3v) is 6.02. The fourth-order valence-electron chi connectivity index (χ4n) is 3.61. The summed E-state index contributed by atoms with van der Waals surface area (Å²) in [5.41, 5.74) is 1.79. The molecule has 0 atom stereocenters. The van der Waals surface area contributed by atoms with Gasteiger partial charge in [-0.3, -0.25) is 9.59 Å². The van der Waals surface area contributed by atoms with Gasteiger partial charge >= 0.3 is 0 Å². The summed E-state index contributed by atoms with van der Waals surface area (Å²) in [6, 6.07) is 6.47. The molecule has 1 aromatic heterocycles. The van der Waals surface area contributed by atoms with Crippen molar-refractivity contribution >= 4 is 38.5 Å². The number of hydrogen-bond donors (Lipinski definition) is 2. The van der Waals surface area contributed by atoms with Gasteiger partial charge in [0.1, 0.15) is 0 Å². The van der Waals surface area contributed by atoms with Gasteiger partial charge in [-0.1, -0.05) is 36.7 Å². The number of amides is 2. The zero-order valence-electron chi connectivity index (χ0n) is 16.1. The summed E-state index contributed by atoms with van der Waals surface area (Å²) in [6.07, 6.45) is 6.92. The molecule has 7 heteroatoms. The van der Waals surface area contributed by atoms with Gasteiger partial charge in [-0.25, -0.2) is 4.98 Å². The first-order chi connectivity index (χ1) is 13.0. The molecule has 0 aliphatic heterocycles. The molecular weight excluding hydrogens is 360 g/mol. The van der Waals surface area contributed by atoms with Crippen LogP contribution < -0.4 is 10.6 Å². The van der Waals surface area contributed by atoms with Crippen LogP contribution in [0.4, 0.5) is 5.13 Å². The lowest BCUT2D eigenvalue weighted by Crippen LogP contribution is -2.39. The van der Waals surface area contributed by atoms with E-state index in [2.05, 4.69) is 27.6 Å². The molecule has 2 N–H and O–H groups in total. The van der Waals surface area contributed by atoms with Crippen LogP contribution in [0.1, 0.15) is 44.6 Å². The Morgan fingerprint density at radius 1 is 1.26 bits per heavy atom. The van der Waals surface area contributed by atoms with E-state index in [-0.39, 0.29) is 11.8 Å². The van der Waals surface area contributed by atoms with Crippen LogP contribution in [0.15, 0.2) is 18.2 Å². The Morgan fingerprint density at radius 2 is 2.04 bits per heavy atom. The summed E-state index contributed by atoms with van der Waals surface area (Å²) in [6.45, 7) is 3.04. The van der Waals surface area contributed by atoms with Crippen LogP contribution in [0.5, 0.6) is 0 Å². The predicted octanol–water partition coefficient (Wildman–Crippen LogP) is 3.18. The van der Waals surface area contributed by atoms with Crippen molar-refractivity contribution in [2.45, 2.75) is 51.5 Å². The molecule has 1 fully saturated rings. The van der Waals surface area contributed by atoms with E-state index in [1.165, 1.54) is 50.4 Å². The Labute approximate surface area is 164 Å². The summed E-state index contributed by atoms with van der Waals surface area (Å²) in [5.74, 6) is -0.0927. The lowest BCUT2D eigenvalue weighted by molar-refractivity contribution is -0.120. The van der Waals surface area contributed by atoms with E-state index in [4.69, 9.17) is 0 Å². The number of nitrogens with zero attached hydrogens (tertiary/aromatic N) is 2. The molecule has 27 heavy (non-hydrogen) atoms. The van der Waals surface area contributed by atoms with Crippen LogP contribution in [-0.4, -0.2) is 47.9 Å². The molecule has 0 spiro atoms. The Hall–Kier alpha value is -1.99. The second-order valence-electron chi connectivity index (χ2n) is 7.30. The first-order valence-corrected chi connectivity index (χ1v) is 10.5. The zero-order chi connectivity index (χ0) is 19.2. The third kappa shape index (κ3) is 5.74. The van der Waals surface area contributed by atoms with Crippen molar-refractivity contribution in [3.05, 3.63) is 23.8 Å². The molecule has 146 valence electrons. The summed E-state index contributed by atoms with van der Waals surface area (Å²) in [4.78, 5) is 30.2. The quantitative estimate of drug-likeness (QED) is 0.764. The van der Waals surface area contributed by atoms with Crippen LogP contribution in [0.2, 0.25) is 0 Å². The fraction of sp³-hybridized carbons (Fsp3) is 0.550. The standard InChI is InChI=1S/C20H28N4O2S/c1-14(25)22-20-23-17-9-8-15(12-18(17)27-20)13-19(26)21-10-11-24(2)16-6-4-3-5-7-16/h8-9,12,16H,3-7,10-11,13H2,1-2H3,(H,21,26)(H,22,23,25). The molecular formula is C20H28N4O2S. The molecule has 2 aromatic rings. The number of rotatable bonds is 7. The van der Waals surface area contributed by atoms with E-state index in [1.807, 2.05) is 18.2 Å². The average molecular weight is 389 g/mol. The minimum Gasteiger partial charge on any atom is -0.355 e. The maximum Gasteiger partial charge on any atom is 0.224 e. The average Bonchev–Trinajstić information content (AvgIpc) is 3.03. The largest absolute Gasteiger partial charge is 0.355 e. The molecule has 3 rings (SSSR count). The first-order valence-electron chi connectivity index (χ1n) is 9.65. The number of benzene rings is 1. The monoisotopic (exact) mass is 388 g/mol. The normalized spacial score (nSPS) is 15.2. The molecule has 1 heterocycles. The highest BCUT2D eigenvalue weighted by Gasteiger charge is 2.17.